The van der Waals surface area contributed by atoms with Crippen molar-refractivity contribution in [3.05, 3.63) is 152 Å². The third-order valence-electron chi connectivity index (χ3n) is 8.30. The van der Waals surface area contributed by atoms with E-state index in [1.807, 2.05) is 12.5 Å². The zero-order chi connectivity index (χ0) is 44.2. The number of halogens is 21. The molecular weight excluding hydrogens is 866 g/mol. The number of Topliss-reactive ketones (excluding diaryl/α,β-unsaturated/α-hetero) is 1. The van der Waals surface area contributed by atoms with E-state index >= 15 is 35.1 Å². The number of carbonyl (C=O) groups excluding carboxylic acids is 1. The zero-order valence-corrected chi connectivity index (χ0v) is 28.7. The van der Waals surface area contributed by atoms with E-state index in [9.17, 15) is 61.9 Å². The summed E-state index contributed by atoms with van der Waals surface area (Å²) in [6.07, 6.45) is -3.28. The minimum Gasteiger partial charge on any atom is -0.289 e. The Bertz CT molecular complexity index is 2130. The normalized spacial score (nSPS) is 11.7. The number of carbonyl (C=O) groups is 1. The molecule has 0 fully saturated rings. The van der Waals surface area contributed by atoms with Crippen molar-refractivity contribution < 1.29 is 97.0 Å². The van der Waals surface area contributed by atoms with Crippen molar-refractivity contribution in [2.75, 3.05) is 18.3 Å². The van der Waals surface area contributed by atoms with Crippen molar-refractivity contribution in [3.8, 4) is 0 Å². The van der Waals surface area contributed by atoms with Crippen LogP contribution >= 0.6 is 0 Å². The Labute approximate surface area is 312 Å². The van der Waals surface area contributed by atoms with Gasteiger partial charge in [-0.25, -0.2) is 92.2 Å². The molecule has 0 spiro atoms. The summed E-state index contributed by atoms with van der Waals surface area (Å²) in [5.74, 6) is -71.5. The summed E-state index contributed by atoms with van der Waals surface area (Å²) in [6.45, 7) is 0. The molecule has 0 saturated carbocycles. The first-order valence-electron chi connectivity index (χ1n) is 14.9. The Morgan fingerprint density at radius 1 is 0.379 bits per heavy atom. The van der Waals surface area contributed by atoms with Gasteiger partial charge in [-0.05, 0) is 23.0 Å². The van der Waals surface area contributed by atoms with E-state index in [0.717, 1.165) is 0 Å². The summed E-state index contributed by atoms with van der Waals surface area (Å²) in [5.41, 5.74) is -14.1. The fraction of sp³-hybridized carbons (Fsp3) is 0.0882. The molecule has 0 aliphatic rings. The summed E-state index contributed by atoms with van der Waals surface area (Å²) >= 11 is 0. The SMILES string of the molecule is C[S+](C)CC(=O)c1ccccc1F.Fc1c(F)c(F)c([B-](c2c(F)c(F)c(F)c(F)c2F)(c2c(F)c(F)c(F)c(F)c2F)c2c(F)c(F)c(F)c(F)c2F)c(F)c1F. The third-order valence-corrected chi connectivity index (χ3v) is 9.14. The zero-order valence-electron chi connectivity index (χ0n) is 27.8. The standard InChI is InChI=1S/C24BF20.C10H12FOS/c26-5-1(6(27)14(35)21(42)13(5)34)25(2-7(28)15(36)22(43)16(37)8(2)29,3-9(30)17(38)23(44)18(39)10(3)31)4-11(32)19(40)24(45)20(41)12(4)33;1-13(2)7-10(12)8-5-3-4-6-9(8)11/h;3-6H,7H2,1-2H3/q-1;+1. The Morgan fingerprint density at radius 3 is 0.793 bits per heavy atom. The van der Waals surface area contributed by atoms with E-state index in [4.69, 9.17) is 0 Å². The Balaban J connectivity index is 0.000000486. The van der Waals surface area contributed by atoms with Gasteiger partial charge in [0.25, 0.3) is 0 Å². The predicted molar refractivity (Wildman–Crippen MR) is 164 cm³/mol. The van der Waals surface area contributed by atoms with Gasteiger partial charge in [0.15, 0.2) is 75.6 Å². The molecule has 310 valence electrons. The van der Waals surface area contributed by atoms with Gasteiger partial charge in [0, 0.05) is 0 Å². The van der Waals surface area contributed by atoms with Gasteiger partial charge in [0.1, 0.15) is 58.5 Å². The molecule has 0 unspecified atom stereocenters. The number of hydrogen-bond donors (Lipinski definition) is 0. The lowest BCUT2D eigenvalue weighted by Crippen LogP contribution is -2.81. The summed E-state index contributed by atoms with van der Waals surface area (Å²) in [7, 11) is 0.0294. The predicted octanol–water partition coefficient (Wildman–Crippen LogP) is 7.73. The minimum atomic E-state index is -7.22. The molecule has 0 saturated heterocycles. The van der Waals surface area contributed by atoms with E-state index < -0.39 is 150 Å². The first kappa shape index (κ1) is 45.4. The van der Waals surface area contributed by atoms with Crippen molar-refractivity contribution in [2.45, 2.75) is 0 Å². The Morgan fingerprint density at radius 2 is 0.586 bits per heavy atom. The quantitative estimate of drug-likeness (QED) is 0.0409. The molecule has 0 amide bonds. The van der Waals surface area contributed by atoms with Crippen LogP contribution in [0.25, 0.3) is 0 Å². The molecule has 5 aromatic rings. The second kappa shape index (κ2) is 16.5. The van der Waals surface area contributed by atoms with Gasteiger partial charge in [-0.3, -0.25) is 4.79 Å². The van der Waals surface area contributed by atoms with Gasteiger partial charge in [-0.1, -0.05) is 12.1 Å². The van der Waals surface area contributed by atoms with Crippen LogP contribution in [0.15, 0.2) is 24.3 Å². The van der Waals surface area contributed by atoms with Crippen LogP contribution in [-0.2, 0) is 10.9 Å². The van der Waals surface area contributed by atoms with E-state index in [-0.39, 0.29) is 22.2 Å². The van der Waals surface area contributed by atoms with Gasteiger partial charge in [-0.2, -0.15) is 0 Å². The molecule has 0 aliphatic carbocycles. The van der Waals surface area contributed by atoms with Crippen molar-refractivity contribution in [1.82, 2.24) is 0 Å². The summed E-state index contributed by atoms with van der Waals surface area (Å²) in [5, 5.41) is 0. The van der Waals surface area contributed by atoms with Crippen molar-refractivity contribution in [2.24, 2.45) is 0 Å². The molecule has 0 N–H and O–H groups in total. The first-order valence-corrected chi connectivity index (χ1v) is 17.1. The maximum Gasteiger partial charge on any atom is 0.214 e. The largest absolute Gasteiger partial charge is 0.289 e. The van der Waals surface area contributed by atoms with E-state index in [0.29, 0.717) is 5.75 Å². The first-order chi connectivity index (χ1) is 26.8. The second-order valence-electron chi connectivity index (χ2n) is 11.8. The third kappa shape index (κ3) is 7.01. The number of benzene rings is 5. The molecule has 0 heterocycles. The molecule has 5 aromatic carbocycles. The maximum absolute atomic E-state index is 15.4. The van der Waals surface area contributed by atoms with Crippen LogP contribution in [0.5, 0.6) is 0 Å². The van der Waals surface area contributed by atoms with Crippen LogP contribution in [0.2, 0.25) is 0 Å². The molecule has 1 nitrogen and oxygen atoms in total. The van der Waals surface area contributed by atoms with Crippen LogP contribution in [0.1, 0.15) is 10.4 Å². The highest BCUT2D eigenvalue weighted by atomic mass is 32.2. The average Bonchev–Trinajstić information content (AvgIpc) is 3.17. The van der Waals surface area contributed by atoms with Gasteiger partial charge in [0.05, 0.1) is 18.1 Å². The topological polar surface area (TPSA) is 17.1 Å². The Hall–Kier alpha value is -5.29. The molecule has 0 bridgehead atoms. The lowest BCUT2D eigenvalue weighted by Gasteiger charge is -2.44. The van der Waals surface area contributed by atoms with E-state index in [2.05, 4.69) is 0 Å². The molecule has 58 heavy (non-hydrogen) atoms. The van der Waals surface area contributed by atoms with Crippen molar-refractivity contribution in [1.29, 1.82) is 0 Å². The molecule has 24 heteroatoms. The highest BCUT2D eigenvalue weighted by molar-refractivity contribution is 7.96. The van der Waals surface area contributed by atoms with Gasteiger partial charge in [0.2, 0.25) is 5.78 Å². The van der Waals surface area contributed by atoms with Crippen molar-refractivity contribution in [3.63, 3.8) is 0 Å². The van der Waals surface area contributed by atoms with Crippen LogP contribution in [0.3, 0.4) is 0 Å². The molecular formula is C34H12BF21OS. The highest BCUT2D eigenvalue weighted by Crippen LogP contribution is 2.30. The Kier molecular flexibility index (Phi) is 12.9. The lowest BCUT2D eigenvalue weighted by atomic mass is 9.12. The molecule has 0 radical (unpaired) electrons. The van der Waals surface area contributed by atoms with Gasteiger partial charge < -0.3 is 0 Å². The molecule has 0 atom stereocenters. The van der Waals surface area contributed by atoms with Crippen molar-refractivity contribution >= 4 is 44.7 Å². The van der Waals surface area contributed by atoms with Crippen LogP contribution < -0.4 is 21.9 Å². The fourth-order valence-corrected chi connectivity index (χ4v) is 6.58. The van der Waals surface area contributed by atoms with E-state index in [1.54, 1.807) is 12.1 Å². The average molecular weight is 878 g/mol. The number of rotatable bonds is 7. The van der Waals surface area contributed by atoms with Crippen LogP contribution in [-0.4, -0.2) is 30.2 Å². The second-order valence-corrected chi connectivity index (χ2v) is 14.1. The summed E-state index contributed by atoms with van der Waals surface area (Å²) in [4.78, 5) is 11.4. The summed E-state index contributed by atoms with van der Waals surface area (Å²) < 4.78 is 307. The van der Waals surface area contributed by atoms with Crippen LogP contribution in [0, 0.1) is 122 Å². The van der Waals surface area contributed by atoms with E-state index in [1.165, 1.54) is 12.1 Å². The van der Waals surface area contributed by atoms with Gasteiger partial charge in [-0.15, -0.1) is 21.9 Å². The summed E-state index contributed by atoms with van der Waals surface area (Å²) in [6, 6.07) is 6.12. The minimum absolute atomic E-state index is 0.0294. The molecule has 0 aliphatic heterocycles. The lowest BCUT2D eigenvalue weighted by molar-refractivity contribution is 0.101. The highest BCUT2D eigenvalue weighted by Gasteiger charge is 2.52. The molecule has 5 rings (SSSR count). The number of ketones is 1. The maximum atomic E-state index is 15.4. The molecule has 0 aromatic heterocycles. The van der Waals surface area contributed by atoms with Crippen LogP contribution in [0.4, 0.5) is 92.2 Å². The number of hydrogen-bond acceptors (Lipinski definition) is 1. The monoisotopic (exact) mass is 878 g/mol. The fourth-order valence-electron chi connectivity index (χ4n) is 5.90. The van der Waals surface area contributed by atoms with Gasteiger partial charge >= 0.3 is 0 Å². The smallest absolute Gasteiger partial charge is 0.214 e.